The first-order chi connectivity index (χ1) is 9.93. The molecule has 0 saturated carbocycles. The van der Waals surface area contributed by atoms with Crippen molar-refractivity contribution < 1.29 is 13.2 Å². The van der Waals surface area contributed by atoms with Gasteiger partial charge in [-0.15, -0.1) is 19.0 Å². The molecule has 1 atom stereocenters. The molecule has 1 aromatic heterocycles. The predicted octanol–water partition coefficient (Wildman–Crippen LogP) is 4.30. The second-order valence-electron chi connectivity index (χ2n) is 4.64. The topological polar surface area (TPSA) is 38.9 Å². The molecule has 1 aromatic carbocycles. The number of benzene rings is 1. The number of halogens is 4. The summed E-state index contributed by atoms with van der Waals surface area (Å²) < 4.78 is 37.7. The molecule has 2 aromatic rings. The minimum atomic E-state index is -4.35. The van der Waals surface area contributed by atoms with Crippen LogP contribution in [0.4, 0.5) is 13.2 Å². The molecule has 2 rings (SSSR count). The third-order valence-corrected chi connectivity index (χ3v) is 3.18. The number of nitrogens with two attached hydrogens (primary N) is 1. The van der Waals surface area contributed by atoms with E-state index in [1.54, 1.807) is 18.3 Å². The maximum absolute atomic E-state index is 12.6. The Morgan fingerprint density at radius 1 is 1.18 bits per heavy atom. The Hall–Kier alpha value is -1.85. The third kappa shape index (κ3) is 4.08. The summed E-state index contributed by atoms with van der Waals surface area (Å²) in [6.45, 7) is 3.67. The molecule has 6 heteroatoms. The molecule has 0 saturated heterocycles. The number of pyridine rings is 1. The average Bonchev–Trinajstić information content (AvgIpc) is 2.47. The van der Waals surface area contributed by atoms with E-state index in [9.17, 15) is 13.2 Å². The average molecular weight is 329 g/mol. The monoisotopic (exact) mass is 328 g/mol. The Morgan fingerprint density at radius 3 is 2.36 bits per heavy atom. The lowest BCUT2D eigenvalue weighted by molar-refractivity contribution is -0.137. The first-order valence-corrected chi connectivity index (χ1v) is 6.41. The highest BCUT2D eigenvalue weighted by molar-refractivity contribution is 5.85. The molecule has 0 spiro atoms. The van der Waals surface area contributed by atoms with Crippen LogP contribution in [0.2, 0.25) is 0 Å². The number of alkyl halides is 3. The SMILES string of the molecule is C=CCc1cccnc1[C@@H](N)c1ccc(C(F)(F)F)cc1.Cl. The van der Waals surface area contributed by atoms with Crippen LogP contribution < -0.4 is 5.73 Å². The molecule has 0 aliphatic heterocycles. The van der Waals surface area contributed by atoms with E-state index in [1.807, 2.05) is 6.07 Å². The van der Waals surface area contributed by atoms with Gasteiger partial charge in [0, 0.05) is 6.20 Å². The molecular weight excluding hydrogens is 313 g/mol. The second kappa shape index (κ2) is 7.42. The van der Waals surface area contributed by atoms with Gasteiger partial charge in [-0.05, 0) is 35.7 Å². The van der Waals surface area contributed by atoms with Crippen molar-refractivity contribution in [1.82, 2.24) is 4.98 Å². The number of rotatable bonds is 4. The third-order valence-electron chi connectivity index (χ3n) is 3.18. The zero-order valence-corrected chi connectivity index (χ0v) is 12.5. The fraction of sp³-hybridized carbons (Fsp3) is 0.188. The van der Waals surface area contributed by atoms with Gasteiger partial charge in [0.1, 0.15) is 0 Å². The minimum Gasteiger partial charge on any atom is -0.319 e. The molecule has 1 heterocycles. The summed E-state index contributed by atoms with van der Waals surface area (Å²) in [5.74, 6) is 0. The first kappa shape index (κ1) is 18.2. The Balaban J connectivity index is 0.00000242. The molecule has 22 heavy (non-hydrogen) atoms. The number of nitrogens with zero attached hydrogens (tertiary/aromatic N) is 1. The highest BCUT2D eigenvalue weighted by Crippen LogP contribution is 2.30. The van der Waals surface area contributed by atoms with Gasteiger partial charge in [-0.3, -0.25) is 4.98 Å². The Morgan fingerprint density at radius 2 is 1.82 bits per heavy atom. The van der Waals surface area contributed by atoms with Crippen molar-refractivity contribution in [3.05, 3.63) is 77.6 Å². The Labute approximate surface area is 133 Å². The van der Waals surface area contributed by atoms with Gasteiger partial charge in [0.25, 0.3) is 0 Å². The second-order valence-corrected chi connectivity index (χ2v) is 4.64. The van der Waals surface area contributed by atoms with Crippen molar-refractivity contribution in [3.8, 4) is 0 Å². The number of hydrogen-bond donors (Lipinski definition) is 1. The van der Waals surface area contributed by atoms with Crippen LogP contribution in [0, 0.1) is 0 Å². The zero-order valence-electron chi connectivity index (χ0n) is 11.7. The molecule has 0 unspecified atom stereocenters. The Kier molecular flexibility index (Phi) is 6.14. The van der Waals surface area contributed by atoms with Crippen LogP contribution in [0.25, 0.3) is 0 Å². The largest absolute Gasteiger partial charge is 0.416 e. The lowest BCUT2D eigenvalue weighted by Gasteiger charge is -2.16. The van der Waals surface area contributed by atoms with Crippen molar-refractivity contribution in [1.29, 1.82) is 0 Å². The van der Waals surface area contributed by atoms with E-state index in [2.05, 4.69) is 11.6 Å². The van der Waals surface area contributed by atoms with Gasteiger partial charge in [-0.25, -0.2) is 0 Å². The van der Waals surface area contributed by atoms with Crippen molar-refractivity contribution in [2.45, 2.75) is 18.6 Å². The molecule has 118 valence electrons. The highest BCUT2D eigenvalue weighted by Gasteiger charge is 2.30. The molecule has 0 aliphatic carbocycles. The lowest BCUT2D eigenvalue weighted by Crippen LogP contribution is -2.16. The molecule has 0 bridgehead atoms. The van der Waals surface area contributed by atoms with Crippen LogP contribution in [0.3, 0.4) is 0 Å². The van der Waals surface area contributed by atoms with Crippen LogP contribution in [-0.2, 0) is 12.6 Å². The quantitative estimate of drug-likeness (QED) is 0.850. The molecule has 2 N–H and O–H groups in total. The van der Waals surface area contributed by atoms with Crippen molar-refractivity contribution in [2.24, 2.45) is 5.73 Å². The highest BCUT2D eigenvalue weighted by atomic mass is 35.5. The zero-order chi connectivity index (χ0) is 15.5. The predicted molar refractivity (Wildman–Crippen MR) is 82.9 cm³/mol. The molecule has 0 radical (unpaired) electrons. The van der Waals surface area contributed by atoms with E-state index >= 15 is 0 Å². The maximum atomic E-state index is 12.6. The van der Waals surface area contributed by atoms with Crippen molar-refractivity contribution in [2.75, 3.05) is 0 Å². The van der Waals surface area contributed by atoms with Gasteiger partial charge < -0.3 is 5.73 Å². The first-order valence-electron chi connectivity index (χ1n) is 6.41. The van der Waals surface area contributed by atoms with E-state index in [0.29, 0.717) is 17.7 Å². The summed E-state index contributed by atoms with van der Waals surface area (Å²) in [4.78, 5) is 4.25. The van der Waals surface area contributed by atoms with Crippen molar-refractivity contribution >= 4 is 12.4 Å². The molecule has 0 amide bonds. The maximum Gasteiger partial charge on any atom is 0.416 e. The van der Waals surface area contributed by atoms with Gasteiger partial charge in [0.2, 0.25) is 0 Å². The number of hydrogen-bond acceptors (Lipinski definition) is 2. The fourth-order valence-electron chi connectivity index (χ4n) is 2.10. The van der Waals surface area contributed by atoms with Crippen LogP contribution in [-0.4, -0.2) is 4.98 Å². The number of allylic oxidation sites excluding steroid dienone is 1. The minimum absolute atomic E-state index is 0. The van der Waals surface area contributed by atoms with Gasteiger partial charge in [0.05, 0.1) is 17.3 Å². The summed E-state index contributed by atoms with van der Waals surface area (Å²) in [7, 11) is 0. The Bertz CT molecular complexity index is 624. The summed E-state index contributed by atoms with van der Waals surface area (Å²) in [5.41, 5.74) is 7.60. The fourth-order valence-corrected chi connectivity index (χ4v) is 2.10. The summed E-state index contributed by atoms with van der Waals surface area (Å²) in [6.07, 6.45) is -0.384. The summed E-state index contributed by atoms with van der Waals surface area (Å²) in [6, 6.07) is 7.95. The van der Waals surface area contributed by atoms with Crippen LogP contribution >= 0.6 is 12.4 Å². The normalized spacial score (nSPS) is 12.4. The molecule has 2 nitrogen and oxygen atoms in total. The van der Waals surface area contributed by atoms with Gasteiger partial charge >= 0.3 is 6.18 Å². The summed E-state index contributed by atoms with van der Waals surface area (Å²) >= 11 is 0. The van der Waals surface area contributed by atoms with E-state index < -0.39 is 17.8 Å². The molecule has 0 aliphatic rings. The van der Waals surface area contributed by atoms with Crippen LogP contribution in [0.5, 0.6) is 0 Å². The van der Waals surface area contributed by atoms with E-state index in [4.69, 9.17) is 5.73 Å². The van der Waals surface area contributed by atoms with Gasteiger partial charge in [0.15, 0.2) is 0 Å². The van der Waals surface area contributed by atoms with E-state index in [0.717, 1.165) is 17.7 Å². The van der Waals surface area contributed by atoms with Crippen LogP contribution in [0.1, 0.15) is 28.4 Å². The van der Waals surface area contributed by atoms with Gasteiger partial charge in [-0.2, -0.15) is 13.2 Å². The van der Waals surface area contributed by atoms with Gasteiger partial charge in [-0.1, -0.05) is 24.3 Å². The number of aromatic nitrogens is 1. The van der Waals surface area contributed by atoms with Crippen LogP contribution in [0.15, 0.2) is 55.3 Å². The lowest BCUT2D eigenvalue weighted by atomic mass is 9.98. The molecular formula is C16H16ClF3N2. The van der Waals surface area contributed by atoms with E-state index in [1.165, 1.54) is 12.1 Å². The molecule has 0 fully saturated rings. The smallest absolute Gasteiger partial charge is 0.319 e. The summed E-state index contributed by atoms with van der Waals surface area (Å²) in [5, 5.41) is 0. The van der Waals surface area contributed by atoms with Crippen molar-refractivity contribution in [3.63, 3.8) is 0 Å². The standard InChI is InChI=1S/C16H15F3N2.ClH/c1-2-4-12-5-3-10-21-15(12)14(20)11-6-8-13(9-7-11)16(17,18)19;/h2-3,5-10,14H,1,4,20H2;1H/t14-;/m0./s1. The van der Waals surface area contributed by atoms with E-state index in [-0.39, 0.29) is 12.4 Å².